The van der Waals surface area contributed by atoms with E-state index in [2.05, 4.69) is 11.4 Å². The van der Waals surface area contributed by atoms with E-state index in [-0.39, 0.29) is 11.8 Å². The van der Waals surface area contributed by atoms with Crippen molar-refractivity contribution in [2.24, 2.45) is 5.92 Å². The maximum atomic E-state index is 12.7. The van der Waals surface area contributed by atoms with E-state index in [1.165, 1.54) is 18.4 Å². The molecule has 0 spiro atoms. The van der Waals surface area contributed by atoms with E-state index in [1.54, 1.807) is 32.4 Å². The van der Waals surface area contributed by atoms with Gasteiger partial charge in [0.1, 0.15) is 11.5 Å². The number of hydrogen-bond donors (Lipinski definition) is 1. The second kappa shape index (κ2) is 11.0. The molecule has 1 saturated heterocycles. The maximum Gasteiger partial charge on any atom is 0.226 e. The molecule has 6 heteroatoms. The standard InChI is InChI=1S/C24H34N2O4/c1-29-21-14-20(15-22(16-21)30-2)25-23(27)11-10-19-9-6-12-26(17-19)24(28)13-18-7-4-3-5-8-18/h7,14-16,19H,3-6,8-13,17H2,1-2H3,(H,25,27). The van der Waals surface area contributed by atoms with Gasteiger partial charge in [0.25, 0.3) is 0 Å². The molecule has 1 N–H and O–H groups in total. The van der Waals surface area contributed by atoms with E-state index in [0.717, 1.165) is 45.2 Å². The molecular formula is C24H34N2O4. The fourth-order valence-electron chi connectivity index (χ4n) is 4.34. The Kier molecular flexibility index (Phi) is 8.17. The molecule has 1 unspecified atom stereocenters. The zero-order valence-electron chi connectivity index (χ0n) is 18.2. The molecule has 2 aliphatic rings. The van der Waals surface area contributed by atoms with Crippen LogP contribution in [0.1, 0.15) is 57.8 Å². The van der Waals surface area contributed by atoms with Gasteiger partial charge in [0.05, 0.1) is 14.2 Å². The molecule has 0 saturated carbocycles. The number of nitrogens with zero attached hydrogens (tertiary/aromatic N) is 1. The van der Waals surface area contributed by atoms with Gasteiger partial charge in [-0.2, -0.15) is 0 Å². The highest BCUT2D eigenvalue weighted by atomic mass is 16.5. The van der Waals surface area contributed by atoms with Crippen molar-refractivity contribution in [3.63, 3.8) is 0 Å². The zero-order valence-corrected chi connectivity index (χ0v) is 18.2. The summed E-state index contributed by atoms with van der Waals surface area (Å²) in [6.07, 6.45) is 10.8. The van der Waals surface area contributed by atoms with E-state index >= 15 is 0 Å². The van der Waals surface area contributed by atoms with Gasteiger partial charge >= 0.3 is 0 Å². The van der Waals surface area contributed by atoms with Gasteiger partial charge in [-0.25, -0.2) is 0 Å². The average Bonchev–Trinajstić information content (AvgIpc) is 2.78. The zero-order chi connectivity index (χ0) is 21.3. The lowest BCUT2D eigenvalue weighted by Crippen LogP contribution is -2.40. The number of rotatable bonds is 8. The summed E-state index contributed by atoms with van der Waals surface area (Å²) in [6, 6.07) is 5.33. The highest BCUT2D eigenvalue weighted by molar-refractivity contribution is 5.91. The van der Waals surface area contributed by atoms with Crippen molar-refractivity contribution < 1.29 is 19.1 Å². The molecule has 1 aliphatic carbocycles. The topological polar surface area (TPSA) is 67.9 Å². The second-order valence-corrected chi connectivity index (χ2v) is 8.32. The van der Waals surface area contributed by atoms with Gasteiger partial charge in [-0.05, 0) is 50.9 Å². The molecule has 0 aromatic heterocycles. The summed E-state index contributed by atoms with van der Waals surface area (Å²) in [4.78, 5) is 27.2. The van der Waals surface area contributed by atoms with E-state index in [9.17, 15) is 9.59 Å². The van der Waals surface area contributed by atoms with Crippen LogP contribution in [0, 0.1) is 5.92 Å². The van der Waals surface area contributed by atoms with Crippen LogP contribution in [-0.4, -0.2) is 44.0 Å². The molecule has 1 atom stereocenters. The van der Waals surface area contributed by atoms with Gasteiger partial charge in [-0.15, -0.1) is 0 Å². The Balaban J connectivity index is 1.46. The predicted octanol–water partition coefficient (Wildman–Crippen LogP) is 4.55. The highest BCUT2D eigenvalue weighted by Crippen LogP contribution is 2.27. The van der Waals surface area contributed by atoms with Crippen LogP contribution < -0.4 is 14.8 Å². The third-order valence-electron chi connectivity index (χ3n) is 6.05. The van der Waals surface area contributed by atoms with Crippen molar-refractivity contribution in [2.45, 2.75) is 57.8 Å². The van der Waals surface area contributed by atoms with E-state index in [4.69, 9.17) is 9.47 Å². The highest BCUT2D eigenvalue weighted by Gasteiger charge is 2.24. The second-order valence-electron chi connectivity index (χ2n) is 8.32. The summed E-state index contributed by atoms with van der Waals surface area (Å²) >= 11 is 0. The van der Waals surface area contributed by atoms with Crippen molar-refractivity contribution in [1.29, 1.82) is 0 Å². The molecule has 1 heterocycles. The van der Waals surface area contributed by atoms with E-state index < -0.39 is 0 Å². The first-order valence-electron chi connectivity index (χ1n) is 11.1. The molecular weight excluding hydrogens is 380 g/mol. The van der Waals surface area contributed by atoms with Gasteiger partial charge in [0.15, 0.2) is 0 Å². The molecule has 1 fully saturated rings. The number of hydrogen-bond acceptors (Lipinski definition) is 4. The van der Waals surface area contributed by atoms with Crippen LogP contribution in [0.2, 0.25) is 0 Å². The first kappa shape index (κ1) is 22.2. The minimum absolute atomic E-state index is 0.0267. The molecule has 3 rings (SSSR count). The Morgan fingerprint density at radius 3 is 2.53 bits per heavy atom. The number of piperidine rings is 1. The van der Waals surface area contributed by atoms with Crippen LogP contribution in [0.25, 0.3) is 0 Å². The number of allylic oxidation sites excluding steroid dienone is 1. The summed E-state index contributed by atoms with van der Waals surface area (Å²) in [5.41, 5.74) is 1.97. The minimum Gasteiger partial charge on any atom is -0.497 e. The number of benzene rings is 1. The van der Waals surface area contributed by atoms with E-state index in [1.807, 2.05) is 4.90 Å². The number of likely N-dealkylation sites (tertiary alicyclic amines) is 1. The Hall–Kier alpha value is -2.50. The monoisotopic (exact) mass is 414 g/mol. The minimum atomic E-state index is -0.0267. The van der Waals surface area contributed by atoms with Crippen LogP contribution in [0.5, 0.6) is 11.5 Å². The number of nitrogens with one attached hydrogen (secondary N) is 1. The van der Waals surface area contributed by atoms with Crippen LogP contribution in [-0.2, 0) is 9.59 Å². The van der Waals surface area contributed by atoms with Crippen LogP contribution in [0.4, 0.5) is 5.69 Å². The quantitative estimate of drug-likeness (QED) is 0.634. The fourth-order valence-corrected chi connectivity index (χ4v) is 4.34. The van der Waals surface area contributed by atoms with Crippen LogP contribution in [0.15, 0.2) is 29.8 Å². The lowest BCUT2D eigenvalue weighted by Gasteiger charge is -2.33. The average molecular weight is 415 g/mol. The van der Waals surface area contributed by atoms with Crippen molar-refractivity contribution in [3.05, 3.63) is 29.8 Å². The number of amides is 2. The number of anilines is 1. The first-order valence-corrected chi connectivity index (χ1v) is 11.1. The van der Waals surface area contributed by atoms with Gasteiger partial charge in [-0.1, -0.05) is 11.6 Å². The van der Waals surface area contributed by atoms with Crippen LogP contribution in [0.3, 0.4) is 0 Å². The molecule has 2 amide bonds. The van der Waals surface area contributed by atoms with Crippen molar-refractivity contribution >= 4 is 17.5 Å². The normalized spacial score (nSPS) is 19.1. The number of ether oxygens (including phenoxy) is 2. The van der Waals surface area contributed by atoms with Gasteiger partial charge < -0.3 is 19.7 Å². The van der Waals surface area contributed by atoms with Gasteiger partial charge in [-0.3, -0.25) is 9.59 Å². The molecule has 30 heavy (non-hydrogen) atoms. The summed E-state index contributed by atoms with van der Waals surface area (Å²) in [6.45, 7) is 1.62. The van der Waals surface area contributed by atoms with Crippen molar-refractivity contribution in [3.8, 4) is 11.5 Å². The Morgan fingerprint density at radius 1 is 1.10 bits per heavy atom. The molecule has 6 nitrogen and oxygen atoms in total. The Labute approximate surface area is 179 Å². The molecule has 1 aliphatic heterocycles. The lowest BCUT2D eigenvalue weighted by atomic mass is 9.92. The van der Waals surface area contributed by atoms with Crippen LogP contribution >= 0.6 is 0 Å². The van der Waals surface area contributed by atoms with Gasteiger partial charge in [0, 0.05) is 49.8 Å². The molecule has 164 valence electrons. The maximum absolute atomic E-state index is 12.7. The molecule has 0 radical (unpaired) electrons. The first-order chi connectivity index (χ1) is 14.6. The largest absolute Gasteiger partial charge is 0.497 e. The molecule has 1 aromatic carbocycles. The Morgan fingerprint density at radius 2 is 1.87 bits per heavy atom. The summed E-state index contributed by atoms with van der Waals surface area (Å²) in [7, 11) is 3.17. The fraction of sp³-hybridized carbons (Fsp3) is 0.583. The molecule has 0 bridgehead atoms. The smallest absolute Gasteiger partial charge is 0.226 e. The van der Waals surface area contributed by atoms with E-state index in [0.29, 0.717) is 35.9 Å². The predicted molar refractivity (Wildman–Crippen MR) is 118 cm³/mol. The lowest BCUT2D eigenvalue weighted by molar-refractivity contribution is -0.132. The summed E-state index contributed by atoms with van der Waals surface area (Å²) in [5, 5.41) is 2.93. The SMILES string of the molecule is COc1cc(NC(=O)CCC2CCCN(C(=O)CC3=CCCCC3)C2)cc(OC)c1. The Bertz CT molecular complexity index is 752. The summed E-state index contributed by atoms with van der Waals surface area (Å²) in [5.74, 6) is 1.88. The summed E-state index contributed by atoms with van der Waals surface area (Å²) < 4.78 is 10.5. The number of carbonyl (C=O) groups is 2. The number of carbonyl (C=O) groups excluding carboxylic acids is 2. The van der Waals surface area contributed by atoms with Gasteiger partial charge in [0.2, 0.25) is 11.8 Å². The number of methoxy groups -OCH3 is 2. The van der Waals surface area contributed by atoms with Crippen molar-refractivity contribution in [1.82, 2.24) is 4.90 Å². The third kappa shape index (κ3) is 6.51. The third-order valence-corrected chi connectivity index (χ3v) is 6.05. The van der Waals surface area contributed by atoms with Crippen molar-refractivity contribution in [2.75, 3.05) is 32.6 Å². The molecule has 1 aromatic rings.